The van der Waals surface area contributed by atoms with Crippen LogP contribution in [0.15, 0.2) is 55.0 Å². The summed E-state index contributed by atoms with van der Waals surface area (Å²) < 4.78 is 0. The van der Waals surface area contributed by atoms with Gasteiger partial charge in [-0.25, -0.2) is 9.78 Å². The molecule has 3 amide bonds. The van der Waals surface area contributed by atoms with E-state index in [9.17, 15) is 9.59 Å². The smallest absolute Gasteiger partial charge is 0.321 e. The van der Waals surface area contributed by atoms with Crippen LogP contribution < -0.4 is 15.5 Å². The Bertz CT molecular complexity index is 1390. The van der Waals surface area contributed by atoms with Gasteiger partial charge in [0.1, 0.15) is 5.82 Å². The molecular weight excluding hydrogens is 444 g/mol. The lowest BCUT2D eigenvalue weighted by Gasteiger charge is -2.16. The first-order chi connectivity index (χ1) is 17.0. The van der Waals surface area contributed by atoms with Gasteiger partial charge in [-0.2, -0.15) is 5.10 Å². The van der Waals surface area contributed by atoms with Crippen LogP contribution in [-0.2, 0) is 0 Å². The molecule has 0 bridgehead atoms. The molecule has 0 saturated carbocycles. The highest BCUT2D eigenvalue weighted by molar-refractivity contribution is 6.11. The van der Waals surface area contributed by atoms with E-state index < -0.39 is 0 Å². The summed E-state index contributed by atoms with van der Waals surface area (Å²) >= 11 is 0. The molecule has 10 heteroatoms. The molecule has 1 aliphatic rings. The number of aromatic nitrogens is 4. The molecule has 178 valence electrons. The van der Waals surface area contributed by atoms with Crippen LogP contribution in [0.4, 0.5) is 22.0 Å². The fourth-order valence-corrected chi connectivity index (χ4v) is 4.07. The number of anilines is 3. The third-order valence-electron chi connectivity index (χ3n) is 5.94. The second-order valence-corrected chi connectivity index (χ2v) is 8.67. The first-order valence-electron chi connectivity index (χ1n) is 11.4. The van der Waals surface area contributed by atoms with Crippen molar-refractivity contribution in [1.29, 1.82) is 0 Å². The average Bonchev–Trinajstić information content (AvgIpc) is 3.54. The van der Waals surface area contributed by atoms with Crippen LogP contribution in [0.5, 0.6) is 0 Å². The van der Waals surface area contributed by atoms with Gasteiger partial charge in [0.05, 0.1) is 17.4 Å². The van der Waals surface area contributed by atoms with E-state index in [2.05, 4.69) is 35.7 Å². The maximum Gasteiger partial charge on any atom is 0.321 e. The van der Waals surface area contributed by atoms with E-state index in [0.29, 0.717) is 22.5 Å². The molecule has 10 nitrogen and oxygen atoms in total. The standard InChI is InChI=1S/C25H26N8O2/c1-32(2)25(35)29-19-11-17(14-26-15-19)16-5-6-21-20(12-16)23(31-30-21)24(34)28-18-7-8-27-22(13-18)33-9-3-4-10-33/h5-8,11-15H,3-4,9-10H2,1-2H3,(H,29,35)(H,30,31)(H,27,28,34). The predicted molar refractivity (Wildman–Crippen MR) is 136 cm³/mol. The van der Waals surface area contributed by atoms with Crippen molar-refractivity contribution in [2.75, 3.05) is 42.7 Å². The number of hydrogen-bond donors (Lipinski definition) is 3. The summed E-state index contributed by atoms with van der Waals surface area (Å²) in [5, 5.41) is 13.6. The Morgan fingerprint density at radius 1 is 0.971 bits per heavy atom. The van der Waals surface area contributed by atoms with Crippen molar-refractivity contribution in [1.82, 2.24) is 25.1 Å². The number of amides is 3. The van der Waals surface area contributed by atoms with E-state index in [-0.39, 0.29) is 11.9 Å². The van der Waals surface area contributed by atoms with E-state index in [1.807, 2.05) is 30.3 Å². The first kappa shape index (κ1) is 22.3. The van der Waals surface area contributed by atoms with Gasteiger partial charge < -0.3 is 20.4 Å². The van der Waals surface area contributed by atoms with Crippen molar-refractivity contribution in [3.05, 3.63) is 60.7 Å². The van der Waals surface area contributed by atoms with Crippen LogP contribution in [-0.4, -0.2) is 64.2 Å². The maximum absolute atomic E-state index is 13.1. The minimum atomic E-state index is -0.308. The van der Waals surface area contributed by atoms with Gasteiger partial charge in [-0.15, -0.1) is 0 Å². The summed E-state index contributed by atoms with van der Waals surface area (Å²) in [5.41, 5.74) is 3.95. The van der Waals surface area contributed by atoms with E-state index >= 15 is 0 Å². The van der Waals surface area contributed by atoms with Gasteiger partial charge in [-0.05, 0) is 42.7 Å². The zero-order chi connectivity index (χ0) is 24.4. The number of pyridine rings is 2. The zero-order valence-electron chi connectivity index (χ0n) is 19.6. The molecule has 0 aliphatic carbocycles. The molecular formula is C25H26N8O2. The van der Waals surface area contributed by atoms with Crippen LogP contribution in [0, 0.1) is 0 Å². The normalized spacial score (nSPS) is 13.1. The van der Waals surface area contributed by atoms with Crippen LogP contribution >= 0.6 is 0 Å². The number of fused-ring (bicyclic) bond motifs is 1. The summed E-state index contributed by atoms with van der Waals surface area (Å²) in [4.78, 5) is 37.5. The first-order valence-corrected chi connectivity index (χ1v) is 11.4. The maximum atomic E-state index is 13.1. The Morgan fingerprint density at radius 3 is 2.60 bits per heavy atom. The Hall–Kier alpha value is -4.47. The van der Waals surface area contributed by atoms with Crippen LogP contribution in [0.3, 0.4) is 0 Å². The summed E-state index contributed by atoms with van der Waals surface area (Å²) in [5.74, 6) is 0.556. The number of hydrogen-bond acceptors (Lipinski definition) is 6. The number of nitrogens with one attached hydrogen (secondary N) is 3. The molecule has 5 rings (SSSR count). The number of urea groups is 1. The molecule has 0 spiro atoms. The van der Waals surface area contributed by atoms with Gasteiger partial charge in [0.15, 0.2) is 5.69 Å². The van der Waals surface area contributed by atoms with Gasteiger partial charge >= 0.3 is 6.03 Å². The van der Waals surface area contributed by atoms with Gasteiger partial charge in [0.25, 0.3) is 5.91 Å². The second kappa shape index (κ2) is 9.41. The predicted octanol–water partition coefficient (Wildman–Crippen LogP) is 3.97. The van der Waals surface area contributed by atoms with E-state index in [1.165, 1.54) is 4.90 Å². The zero-order valence-corrected chi connectivity index (χ0v) is 19.6. The Morgan fingerprint density at radius 2 is 1.80 bits per heavy atom. The van der Waals surface area contributed by atoms with Gasteiger partial charge in [0, 0.05) is 62.3 Å². The number of aromatic amines is 1. The highest BCUT2D eigenvalue weighted by Gasteiger charge is 2.18. The molecule has 3 N–H and O–H groups in total. The molecule has 0 atom stereocenters. The quantitative estimate of drug-likeness (QED) is 0.406. The van der Waals surface area contributed by atoms with Crippen molar-refractivity contribution in [2.45, 2.75) is 12.8 Å². The Labute approximate surface area is 202 Å². The highest BCUT2D eigenvalue weighted by Crippen LogP contribution is 2.27. The molecule has 3 aromatic heterocycles. The lowest BCUT2D eigenvalue weighted by atomic mass is 10.0. The van der Waals surface area contributed by atoms with Gasteiger partial charge in [-0.1, -0.05) is 6.07 Å². The average molecular weight is 471 g/mol. The highest BCUT2D eigenvalue weighted by atomic mass is 16.2. The van der Waals surface area contributed by atoms with Crippen LogP contribution in [0.1, 0.15) is 23.3 Å². The Balaban J connectivity index is 1.39. The van der Waals surface area contributed by atoms with E-state index in [4.69, 9.17) is 0 Å². The molecule has 4 heterocycles. The fourth-order valence-electron chi connectivity index (χ4n) is 4.07. The number of carbonyl (C=O) groups is 2. The monoisotopic (exact) mass is 470 g/mol. The van der Waals surface area contributed by atoms with Gasteiger partial charge in [0.2, 0.25) is 0 Å². The fraction of sp³-hybridized carbons (Fsp3) is 0.240. The number of H-pyrrole nitrogens is 1. The van der Waals surface area contributed by atoms with Crippen molar-refractivity contribution in [3.8, 4) is 11.1 Å². The summed E-state index contributed by atoms with van der Waals surface area (Å²) in [6.45, 7) is 1.96. The third-order valence-corrected chi connectivity index (χ3v) is 5.94. The molecule has 1 saturated heterocycles. The molecule has 1 aromatic carbocycles. The van der Waals surface area contributed by atoms with Crippen molar-refractivity contribution >= 4 is 40.0 Å². The number of nitrogens with zero attached hydrogens (tertiary/aromatic N) is 5. The Kier molecular flexibility index (Phi) is 6.01. The minimum absolute atomic E-state index is 0.239. The van der Waals surface area contributed by atoms with E-state index in [0.717, 1.165) is 48.4 Å². The number of carbonyl (C=O) groups excluding carboxylic acids is 2. The summed E-state index contributed by atoms with van der Waals surface area (Å²) in [6, 6.07) is 11.0. The van der Waals surface area contributed by atoms with Crippen LogP contribution in [0.25, 0.3) is 22.0 Å². The largest absolute Gasteiger partial charge is 0.357 e. The topological polar surface area (TPSA) is 119 Å². The molecule has 0 unspecified atom stereocenters. The summed E-state index contributed by atoms with van der Waals surface area (Å²) in [7, 11) is 3.34. The molecule has 4 aromatic rings. The van der Waals surface area contributed by atoms with E-state index in [1.54, 1.807) is 38.8 Å². The number of rotatable bonds is 5. The third kappa shape index (κ3) is 4.77. The van der Waals surface area contributed by atoms with Crippen molar-refractivity contribution in [2.24, 2.45) is 0 Å². The van der Waals surface area contributed by atoms with Gasteiger partial charge in [-0.3, -0.25) is 14.9 Å². The SMILES string of the molecule is CN(C)C(=O)Nc1cncc(-c2ccc3[nH]nc(C(=O)Nc4ccnc(N5CCCC5)c4)c3c2)c1. The summed E-state index contributed by atoms with van der Waals surface area (Å²) in [6.07, 6.45) is 7.31. The second-order valence-electron chi connectivity index (χ2n) is 8.67. The lowest BCUT2D eigenvalue weighted by Crippen LogP contribution is -2.27. The van der Waals surface area contributed by atoms with Crippen LogP contribution in [0.2, 0.25) is 0 Å². The molecule has 0 radical (unpaired) electrons. The number of benzene rings is 1. The molecule has 35 heavy (non-hydrogen) atoms. The van der Waals surface area contributed by atoms with Crippen molar-refractivity contribution < 1.29 is 9.59 Å². The molecule has 1 aliphatic heterocycles. The molecule has 1 fully saturated rings. The van der Waals surface area contributed by atoms with Crippen molar-refractivity contribution in [3.63, 3.8) is 0 Å². The minimum Gasteiger partial charge on any atom is -0.357 e. The lowest BCUT2D eigenvalue weighted by molar-refractivity contribution is 0.102.